The van der Waals surface area contributed by atoms with E-state index in [0.29, 0.717) is 37.4 Å². The minimum atomic E-state index is 0.0499. The summed E-state index contributed by atoms with van der Waals surface area (Å²) in [6, 6.07) is 2.38. The van der Waals surface area contributed by atoms with Gasteiger partial charge in [0.2, 0.25) is 0 Å². The highest BCUT2D eigenvalue weighted by molar-refractivity contribution is 5.73. The second-order valence-corrected chi connectivity index (χ2v) is 11.6. The van der Waals surface area contributed by atoms with Gasteiger partial charge in [-0.15, -0.1) is 0 Å². The van der Waals surface area contributed by atoms with Gasteiger partial charge in [-0.3, -0.25) is 9.59 Å². The number of rotatable bonds is 13. The van der Waals surface area contributed by atoms with Crippen molar-refractivity contribution in [3.63, 3.8) is 0 Å². The highest BCUT2D eigenvalue weighted by Crippen LogP contribution is 2.38. The SMILES string of the molecule is CN1[C@@H]2CC[C@H]1CC(C(=O)OCCCCCCCCCCOC(=O)C1C[C@H]3CC[C@@H](C1)N3C)C2. The van der Waals surface area contributed by atoms with Gasteiger partial charge in [-0.25, -0.2) is 0 Å². The first-order chi connectivity index (χ1) is 16.5. The first-order valence-corrected chi connectivity index (χ1v) is 14.3. The van der Waals surface area contributed by atoms with Gasteiger partial charge in [-0.05, 0) is 78.3 Å². The zero-order valence-electron chi connectivity index (χ0n) is 21.7. The first kappa shape index (κ1) is 25.9. The van der Waals surface area contributed by atoms with Gasteiger partial charge in [0.1, 0.15) is 0 Å². The van der Waals surface area contributed by atoms with Gasteiger partial charge in [-0.2, -0.15) is 0 Å². The smallest absolute Gasteiger partial charge is 0.309 e. The normalized spacial score (nSPS) is 33.2. The van der Waals surface area contributed by atoms with Gasteiger partial charge < -0.3 is 19.3 Å². The molecule has 4 aliphatic rings. The van der Waals surface area contributed by atoms with Gasteiger partial charge in [0.25, 0.3) is 0 Å². The van der Waals surface area contributed by atoms with Crippen molar-refractivity contribution in [2.75, 3.05) is 27.3 Å². The minimum absolute atomic E-state index is 0.0499. The van der Waals surface area contributed by atoms with Crippen molar-refractivity contribution in [3.05, 3.63) is 0 Å². The number of hydrogen-bond donors (Lipinski definition) is 0. The highest BCUT2D eigenvalue weighted by atomic mass is 16.5. The number of fused-ring (bicyclic) bond motifs is 4. The lowest BCUT2D eigenvalue weighted by molar-refractivity contribution is -0.152. The van der Waals surface area contributed by atoms with Crippen LogP contribution in [0.25, 0.3) is 0 Å². The predicted octanol–water partition coefficient (Wildman–Crippen LogP) is 4.94. The summed E-state index contributed by atoms with van der Waals surface area (Å²) in [7, 11) is 4.41. The van der Waals surface area contributed by atoms with Crippen molar-refractivity contribution in [2.45, 2.75) is 127 Å². The molecule has 4 saturated heterocycles. The second-order valence-electron chi connectivity index (χ2n) is 11.6. The molecule has 6 atom stereocenters. The second kappa shape index (κ2) is 12.7. The summed E-state index contributed by atoms with van der Waals surface area (Å²) in [4.78, 5) is 29.7. The molecule has 4 fully saturated rings. The van der Waals surface area contributed by atoms with E-state index in [1.807, 2.05) is 0 Å². The van der Waals surface area contributed by atoms with E-state index in [2.05, 4.69) is 23.9 Å². The summed E-state index contributed by atoms with van der Waals surface area (Å²) < 4.78 is 11.2. The standard InChI is InChI=1S/C28H48N2O4/c1-29-23-11-12-24(29)18-21(17-23)27(31)33-15-9-7-5-3-4-6-8-10-16-34-28(32)22-19-25-13-14-26(20-22)30(25)2/h21-26H,3-20H2,1-2H3/t21?,22?,23-,24+,25-,26+. The molecule has 0 aliphatic carbocycles. The van der Waals surface area contributed by atoms with Gasteiger partial charge in [0.05, 0.1) is 25.0 Å². The van der Waals surface area contributed by atoms with Crippen LogP contribution in [0.4, 0.5) is 0 Å². The van der Waals surface area contributed by atoms with E-state index in [1.165, 1.54) is 51.4 Å². The molecule has 4 bridgehead atoms. The van der Waals surface area contributed by atoms with E-state index in [1.54, 1.807) is 0 Å². The molecule has 0 radical (unpaired) electrons. The number of nitrogens with zero attached hydrogens (tertiary/aromatic N) is 2. The molecule has 4 aliphatic heterocycles. The van der Waals surface area contributed by atoms with E-state index in [9.17, 15) is 9.59 Å². The number of esters is 2. The van der Waals surface area contributed by atoms with Crippen molar-refractivity contribution in [1.82, 2.24) is 9.80 Å². The van der Waals surface area contributed by atoms with Crippen LogP contribution in [0.3, 0.4) is 0 Å². The quantitative estimate of drug-likeness (QED) is 0.277. The lowest BCUT2D eigenvalue weighted by Crippen LogP contribution is -2.42. The maximum atomic E-state index is 12.4. The topological polar surface area (TPSA) is 59.1 Å². The van der Waals surface area contributed by atoms with Crippen molar-refractivity contribution < 1.29 is 19.1 Å². The van der Waals surface area contributed by atoms with Crippen LogP contribution in [0.1, 0.15) is 103 Å². The molecule has 34 heavy (non-hydrogen) atoms. The Hall–Kier alpha value is -1.14. The van der Waals surface area contributed by atoms with Crippen molar-refractivity contribution in [1.29, 1.82) is 0 Å². The summed E-state index contributed by atoms with van der Waals surface area (Å²) in [5.74, 6) is 0.364. The number of carbonyl (C=O) groups excluding carboxylic acids is 2. The largest absolute Gasteiger partial charge is 0.465 e. The minimum Gasteiger partial charge on any atom is -0.465 e. The Morgan fingerprint density at radius 3 is 1.18 bits per heavy atom. The summed E-state index contributed by atoms with van der Waals surface area (Å²) in [6.07, 6.45) is 18.1. The van der Waals surface area contributed by atoms with Crippen LogP contribution < -0.4 is 0 Å². The third-order valence-electron chi connectivity index (χ3n) is 9.39. The van der Waals surface area contributed by atoms with Gasteiger partial charge in [-0.1, -0.05) is 38.5 Å². The Bertz CT molecular complexity index is 587. The highest BCUT2D eigenvalue weighted by Gasteiger charge is 2.42. The number of carbonyl (C=O) groups is 2. The van der Waals surface area contributed by atoms with E-state index in [4.69, 9.17) is 9.47 Å². The van der Waals surface area contributed by atoms with Crippen LogP contribution in [-0.4, -0.2) is 73.2 Å². The molecule has 2 unspecified atom stereocenters. The lowest BCUT2D eigenvalue weighted by atomic mass is 9.91. The fourth-order valence-corrected chi connectivity index (χ4v) is 7.05. The summed E-state index contributed by atoms with van der Waals surface area (Å²) in [6.45, 7) is 1.18. The zero-order valence-corrected chi connectivity index (χ0v) is 21.7. The molecule has 0 amide bonds. The van der Waals surface area contributed by atoms with Gasteiger partial charge in [0, 0.05) is 24.2 Å². The molecule has 194 valence electrons. The van der Waals surface area contributed by atoms with Crippen molar-refractivity contribution in [2.24, 2.45) is 11.8 Å². The van der Waals surface area contributed by atoms with Gasteiger partial charge in [0.15, 0.2) is 0 Å². The molecule has 0 aromatic carbocycles. The molecule has 0 N–H and O–H groups in total. The molecular weight excluding hydrogens is 428 g/mol. The number of ether oxygens (including phenoxy) is 2. The summed E-state index contributed by atoms with van der Waals surface area (Å²) in [5.41, 5.74) is 0. The molecular formula is C28H48N2O4. The van der Waals surface area contributed by atoms with Crippen LogP contribution in [-0.2, 0) is 19.1 Å². The zero-order chi connectivity index (χ0) is 23.9. The molecule has 0 aromatic rings. The fourth-order valence-electron chi connectivity index (χ4n) is 7.05. The molecule has 0 spiro atoms. The molecule has 0 saturated carbocycles. The fraction of sp³-hybridized carbons (Fsp3) is 0.929. The van der Waals surface area contributed by atoms with Gasteiger partial charge >= 0.3 is 11.9 Å². The van der Waals surface area contributed by atoms with E-state index >= 15 is 0 Å². The summed E-state index contributed by atoms with van der Waals surface area (Å²) in [5, 5.41) is 0. The van der Waals surface area contributed by atoms with Crippen molar-refractivity contribution >= 4 is 11.9 Å². The lowest BCUT2D eigenvalue weighted by Gasteiger charge is -2.35. The average Bonchev–Trinajstić information content (AvgIpc) is 3.16. The average molecular weight is 477 g/mol. The monoisotopic (exact) mass is 476 g/mol. The van der Waals surface area contributed by atoms with Crippen molar-refractivity contribution in [3.8, 4) is 0 Å². The van der Waals surface area contributed by atoms with Crippen LogP contribution in [0.5, 0.6) is 0 Å². The first-order valence-electron chi connectivity index (χ1n) is 14.3. The number of piperidine rings is 2. The predicted molar refractivity (Wildman–Crippen MR) is 133 cm³/mol. The van der Waals surface area contributed by atoms with Crippen LogP contribution in [0, 0.1) is 11.8 Å². The van der Waals surface area contributed by atoms with Crippen LogP contribution in [0.2, 0.25) is 0 Å². The number of hydrogen-bond acceptors (Lipinski definition) is 6. The Labute approximate surface area is 207 Å². The molecule has 0 aromatic heterocycles. The molecule has 4 rings (SSSR count). The Kier molecular flexibility index (Phi) is 9.70. The van der Waals surface area contributed by atoms with Crippen LogP contribution >= 0.6 is 0 Å². The van der Waals surface area contributed by atoms with E-state index < -0.39 is 0 Å². The van der Waals surface area contributed by atoms with E-state index in [-0.39, 0.29) is 23.8 Å². The van der Waals surface area contributed by atoms with Crippen LogP contribution in [0.15, 0.2) is 0 Å². The Morgan fingerprint density at radius 1 is 0.559 bits per heavy atom. The maximum Gasteiger partial charge on any atom is 0.309 e. The summed E-state index contributed by atoms with van der Waals surface area (Å²) >= 11 is 0. The Balaban J connectivity index is 0.924. The Morgan fingerprint density at radius 2 is 0.853 bits per heavy atom. The number of unbranched alkanes of at least 4 members (excludes halogenated alkanes) is 7. The molecule has 6 heteroatoms. The third kappa shape index (κ3) is 6.75. The maximum absolute atomic E-state index is 12.4. The molecule has 4 heterocycles. The molecule has 6 nitrogen and oxygen atoms in total. The van der Waals surface area contributed by atoms with E-state index in [0.717, 1.165) is 51.4 Å². The third-order valence-corrected chi connectivity index (χ3v) is 9.39.